The second kappa shape index (κ2) is 8.48. The van der Waals surface area contributed by atoms with E-state index in [9.17, 15) is 24.0 Å². The van der Waals surface area contributed by atoms with E-state index in [1.807, 2.05) is 0 Å². The van der Waals surface area contributed by atoms with E-state index < -0.39 is 53.7 Å². The Kier molecular flexibility index (Phi) is 6.54. The fourth-order valence-electron chi connectivity index (χ4n) is 2.57. The van der Waals surface area contributed by atoms with Crippen LogP contribution in [0.25, 0.3) is 0 Å². The molecule has 2 heterocycles. The maximum Gasteiger partial charge on any atom is 0.330 e. The number of H-pyrrole nitrogens is 1. The van der Waals surface area contributed by atoms with Gasteiger partial charge in [-0.3, -0.25) is 28.7 Å². The number of ether oxygens (including phenoxy) is 4. The lowest BCUT2D eigenvalue weighted by atomic mass is 10.1. The van der Waals surface area contributed by atoms with Crippen LogP contribution in [0.4, 0.5) is 0 Å². The molecule has 0 saturated carbocycles. The van der Waals surface area contributed by atoms with Crippen molar-refractivity contribution in [2.45, 2.75) is 45.3 Å². The molecule has 0 amide bonds. The summed E-state index contributed by atoms with van der Waals surface area (Å²) in [5, 5.41) is 0. The monoisotopic (exact) mass is 448 g/mol. The summed E-state index contributed by atoms with van der Waals surface area (Å²) in [5.74, 6) is -2.00. The van der Waals surface area contributed by atoms with Crippen molar-refractivity contribution < 1.29 is 33.3 Å². The first-order valence-electron chi connectivity index (χ1n) is 7.74. The third-order valence-electron chi connectivity index (χ3n) is 3.54. The number of carbonyl (C=O) groups excluding carboxylic acids is 3. The molecule has 1 N–H and O–H groups in total. The number of aromatic amines is 1. The number of hydrogen-bond acceptors (Lipinski definition) is 9. The third kappa shape index (κ3) is 5.04. The van der Waals surface area contributed by atoms with Crippen molar-refractivity contribution in [3.8, 4) is 0 Å². The van der Waals surface area contributed by atoms with E-state index in [1.54, 1.807) is 0 Å². The zero-order chi connectivity index (χ0) is 20.3. The highest BCUT2D eigenvalue weighted by Crippen LogP contribution is 2.33. The van der Waals surface area contributed by atoms with Gasteiger partial charge < -0.3 is 18.9 Å². The summed E-state index contributed by atoms with van der Waals surface area (Å²) in [7, 11) is 0. The molecule has 0 aliphatic carbocycles. The van der Waals surface area contributed by atoms with Gasteiger partial charge in [-0.2, -0.15) is 0 Å². The number of halogens is 1. The molecule has 12 heteroatoms. The molecule has 4 atom stereocenters. The van der Waals surface area contributed by atoms with E-state index in [4.69, 9.17) is 18.9 Å². The molecule has 148 valence electrons. The molecule has 1 aromatic heterocycles. The Morgan fingerprint density at radius 2 is 1.70 bits per heavy atom. The normalized spacial score (nSPS) is 24.3. The average molecular weight is 449 g/mol. The predicted molar refractivity (Wildman–Crippen MR) is 90.7 cm³/mol. The lowest BCUT2D eigenvalue weighted by Crippen LogP contribution is -2.42. The molecule has 1 aromatic rings. The van der Waals surface area contributed by atoms with E-state index >= 15 is 0 Å². The van der Waals surface area contributed by atoms with Crippen LogP contribution in [0.2, 0.25) is 0 Å². The fourth-order valence-corrected chi connectivity index (χ4v) is 2.89. The Balaban J connectivity index is 2.47. The van der Waals surface area contributed by atoms with E-state index in [2.05, 4.69) is 20.9 Å². The lowest BCUT2D eigenvalue weighted by molar-refractivity contribution is -0.166. The molecule has 2 rings (SSSR count). The van der Waals surface area contributed by atoms with Gasteiger partial charge in [0.1, 0.15) is 12.7 Å². The van der Waals surface area contributed by atoms with Gasteiger partial charge in [0, 0.05) is 27.0 Å². The zero-order valence-corrected chi connectivity index (χ0v) is 16.2. The number of nitrogens with zero attached hydrogens (tertiary/aromatic N) is 1. The predicted octanol–water partition coefficient (Wildman–Crippen LogP) is -0.377. The molecule has 1 aliphatic rings. The largest absolute Gasteiger partial charge is 0.463 e. The van der Waals surface area contributed by atoms with Crippen molar-refractivity contribution in [1.29, 1.82) is 0 Å². The third-order valence-corrected chi connectivity index (χ3v) is 4.10. The Bertz CT molecular complexity index is 862. The van der Waals surface area contributed by atoms with Crippen molar-refractivity contribution >= 4 is 33.8 Å². The van der Waals surface area contributed by atoms with Crippen molar-refractivity contribution in [1.82, 2.24) is 9.55 Å². The average Bonchev–Trinajstić information content (AvgIpc) is 2.85. The standard InChI is InChI=1S/C15H17BrN2O9/c1-6(19)24-5-10-11(25-7(2)20)12(26-8(3)21)14(27-10)18-4-9(16)13(22)17-15(18)23/h4,10-12,14H,5H2,1-3H3,(H,17,22,23)/t10-,11-,12-,14-/m1/s1. The minimum absolute atomic E-state index is 0.0275. The van der Waals surface area contributed by atoms with Crippen LogP contribution < -0.4 is 11.2 Å². The summed E-state index contributed by atoms with van der Waals surface area (Å²) < 4.78 is 22.0. The molecule has 11 nitrogen and oxygen atoms in total. The second-order valence-corrected chi connectivity index (χ2v) is 6.51. The van der Waals surface area contributed by atoms with Crippen LogP contribution in [0.15, 0.2) is 20.3 Å². The number of carbonyl (C=O) groups is 3. The molecule has 0 spiro atoms. The highest BCUT2D eigenvalue weighted by Gasteiger charge is 2.51. The van der Waals surface area contributed by atoms with Gasteiger partial charge in [0.15, 0.2) is 18.4 Å². The summed E-state index contributed by atoms with van der Waals surface area (Å²) in [6, 6.07) is 0. The van der Waals surface area contributed by atoms with Gasteiger partial charge in [-0.25, -0.2) is 4.79 Å². The van der Waals surface area contributed by atoms with Gasteiger partial charge in [0.05, 0.1) is 4.47 Å². The summed E-state index contributed by atoms with van der Waals surface area (Å²) in [5.41, 5.74) is -1.49. The molecule has 1 saturated heterocycles. The first-order chi connectivity index (χ1) is 12.6. The Morgan fingerprint density at radius 3 is 2.26 bits per heavy atom. The minimum Gasteiger partial charge on any atom is -0.463 e. The van der Waals surface area contributed by atoms with E-state index in [1.165, 1.54) is 6.92 Å². The summed E-state index contributed by atoms with van der Waals surface area (Å²) >= 11 is 3.00. The van der Waals surface area contributed by atoms with Crippen molar-refractivity contribution in [3.05, 3.63) is 31.5 Å². The van der Waals surface area contributed by atoms with Crippen LogP contribution in [0, 0.1) is 0 Å². The van der Waals surface area contributed by atoms with Gasteiger partial charge >= 0.3 is 23.6 Å². The number of aromatic nitrogens is 2. The van der Waals surface area contributed by atoms with Gasteiger partial charge in [-0.05, 0) is 15.9 Å². The summed E-state index contributed by atoms with van der Waals surface area (Å²) in [6.07, 6.45) is -3.46. The zero-order valence-electron chi connectivity index (χ0n) is 14.6. The minimum atomic E-state index is -1.24. The molecule has 0 unspecified atom stereocenters. The molecular formula is C15H17BrN2O9. The van der Waals surface area contributed by atoms with Crippen LogP contribution in [0.3, 0.4) is 0 Å². The number of nitrogens with one attached hydrogen (secondary N) is 1. The first-order valence-corrected chi connectivity index (χ1v) is 8.53. The van der Waals surface area contributed by atoms with Crippen molar-refractivity contribution in [3.63, 3.8) is 0 Å². The van der Waals surface area contributed by atoms with Crippen molar-refractivity contribution in [2.24, 2.45) is 0 Å². The van der Waals surface area contributed by atoms with E-state index in [-0.39, 0.29) is 11.1 Å². The Hall–Kier alpha value is -2.47. The van der Waals surface area contributed by atoms with E-state index in [0.717, 1.165) is 24.6 Å². The van der Waals surface area contributed by atoms with Crippen LogP contribution >= 0.6 is 15.9 Å². The number of hydrogen-bond donors (Lipinski definition) is 1. The first kappa shape index (κ1) is 20.8. The van der Waals surface area contributed by atoms with Crippen molar-refractivity contribution in [2.75, 3.05) is 6.61 Å². The quantitative estimate of drug-likeness (QED) is 0.470. The van der Waals surface area contributed by atoms with Gasteiger partial charge in [0.25, 0.3) is 5.56 Å². The molecule has 1 fully saturated rings. The number of rotatable bonds is 5. The highest BCUT2D eigenvalue weighted by atomic mass is 79.9. The topological polar surface area (TPSA) is 143 Å². The van der Waals surface area contributed by atoms with Gasteiger partial charge in [-0.1, -0.05) is 0 Å². The fraction of sp³-hybridized carbons (Fsp3) is 0.533. The lowest BCUT2D eigenvalue weighted by Gasteiger charge is -2.23. The number of esters is 3. The maximum atomic E-state index is 12.2. The molecule has 1 aliphatic heterocycles. The molecular weight excluding hydrogens is 432 g/mol. The Morgan fingerprint density at radius 1 is 1.11 bits per heavy atom. The van der Waals surface area contributed by atoms with Crippen LogP contribution in [-0.2, 0) is 33.3 Å². The molecule has 0 aromatic carbocycles. The SMILES string of the molecule is CC(=O)OC[C@H]1O[C@@H](n2cc(Br)c(=O)[nH]c2=O)[C@H](OC(C)=O)[C@@H]1OC(C)=O. The van der Waals surface area contributed by atoms with E-state index in [0.29, 0.717) is 0 Å². The van der Waals surface area contributed by atoms with Crippen LogP contribution in [0.1, 0.15) is 27.0 Å². The smallest absolute Gasteiger partial charge is 0.330 e. The second-order valence-electron chi connectivity index (χ2n) is 5.66. The van der Waals surface area contributed by atoms with Crippen LogP contribution in [-0.4, -0.2) is 52.4 Å². The summed E-state index contributed by atoms with van der Waals surface area (Å²) in [4.78, 5) is 59.9. The Labute approximate surface area is 160 Å². The molecule has 27 heavy (non-hydrogen) atoms. The molecule has 0 bridgehead atoms. The summed E-state index contributed by atoms with van der Waals surface area (Å²) in [6.45, 7) is 3.15. The van der Waals surface area contributed by atoms with Crippen LogP contribution in [0.5, 0.6) is 0 Å². The highest BCUT2D eigenvalue weighted by molar-refractivity contribution is 9.10. The molecule has 0 radical (unpaired) electrons. The maximum absolute atomic E-state index is 12.2. The van der Waals surface area contributed by atoms with Gasteiger partial charge in [-0.15, -0.1) is 0 Å². The van der Waals surface area contributed by atoms with Gasteiger partial charge in [0.2, 0.25) is 0 Å².